The van der Waals surface area contributed by atoms with Crippen molar-refractivity contribution in [2.24, 2.45) is 0 Å². The second-order valence-corrected chi connectivity index (χ2v) is 6.50. The minimum atomic E-state index is 0.402. The van der Waals surface area contributed by atoms with Crippen LogP contribution in [0, 0.1) is 13.8 Å². The van der Waals surface area contributed by atoms with Crippen LogP contribution in [-0.4, -0.2) is 27.5 Å². The fourth-order valence-electron chi connectivity index (χ4n) is 2.53. The van der Waals surface area contributed by atoms with Crippen molar-refractivity contribution in [1.29, 1.82) is 0 Å². The van der Waals surface area contributed by atoms with E-state index in [9.17, 15) is 0 Å². The maximum atomic E-state index is 4.54. The Labute approximate surface area is 114 Å². The average molecular weight is 265 g/mol. The second kappa shape index (κ2) is 5.91. The van der Waals surface area contributed by atoms with E-state index >= 15 is 0 Å². The van der Waals surface area contributed by atoms with E-state index in [2.05, 4.69) is 21.5 Å². The van der Waals surface area contributed by atoms with E-state index in [-0.39, 0.29) is 0 Å². The van der Waals surface area contributed by atoms with Gasteiger partial charge in [0.1, 0.15) is 5.82 Å². The van der Waals surface area contributed by atoms with Gasteiger partial charge in [-0.1, -0.05) is 19.3 Å². The molecule has 1 saturated carbocycles. The molecule has 1 aromatic rings. The molecule has 1 heterocycles. The molecule has 0 amide bonds. The summed E-state index contributed by atoms with van der Waals surface area (Å²) in [4.78, 5) is 8.90. The molecule has 0 atom stereocenters. The molecule has 1 aromatic heterocycles. The lowest BCUT2D eigenvalue weighted by Crippen LogP contribution is -2.35. The monoisotopic (exact) mass is 265 g/mol. The molecule has 0 spiro atoms. The highest BCUT2D eigenvalue weighted by Gasteiger charge is 2.30. The predicted octanol–water partition coefficient (Wildman–Crippen LogP) is 3.57. The summed E-state index contributed by atoms with van der Waals surface area (Å²) >= 11 is 2.01. The number of aromatic nitrogens is 2. The number of thioether (sulfide) groups is 1. The average Bonchev–Trinajstić information content (AvgIpc) is 2.41. The summed E-state index contributed by atoms with van der Waals surface area (Å²) in [5, 5.41) is 3.48. The van der Waals surface area contributed by atoms with Crippen LogP contribution in [0.1, 0.15) is 43.5 Å². The van der Waals surface area contributed by atoms with Crippen molar-refractivity contribution in [1.82, 2.24) is 9.97 Å². The smallest absolute Gasteiger partial charge is 0.144 e. The van der Waals surface area contributed by atoms with E-state index < -0.39 is 0 Å². The molecule has 1 fully saturated rings. The SMILES string of the molecule is CSC1(CNc2cnc(C)c(C)n2)CCCCC1. The van der Waals surface area contributed by atoms with E-state index in [1.54, 1.807) is 0 Å². The first kappa shape index (κ1) is 13.7. The number of rotatable bonds is 4. The van der Waals surface area contributed by atoms with Crippen LogP contribution in [0.3, 0.4) is 0 Å². The van der Waals surface area contributed by atoms with Crippen molar-refractivity contribution in [2.75, 3.05) is 18.1 Å². The van der Waals surface area contributed by atoms with Gasteiger partial charge in [-0.3, -0.25) is 4.98 Å². The Bertz CT molecular complexity index is 400. The molecule has 2 rings (SSSR count). The van der Waals surface area contributed by atoms with Gasteiger partial charge >= 0.3 is 0 Å². The zero-order chi connectivity index (χ0) is 13.0. The molecule has 3 nitrogen and oxygen atoms in total. The molecule has 1 aliphatic rings. The Hall–Kier alpha value is -0.770. The van der Waals surface area contributed by atoms with Crippen molar-refractivity contribution < 1.29 is 0 Å². The van der Waals surface area contributed by atoms with Crippen LogP contribution in [0.2, 0.25) is 0 Å². The van der Waals surface area contributed by atoms with Gasteiger partial charge in [-0.05, 0) is 32.9 Å². The molecule has 1 N–H and O–H groups in total. The lowest BCUT2D eigenvalue weighted by atomic mass is 9.88. The van der Waals surface area contributed by atoms with Gasteiger partial charge in [0.2, 0.25) is 0 Å². The lowest BCUT2D eigenvalue weighted by molar-refractivity contribution is 0.411. The van der Waals surface area contributed by atoms with Crippen molar-refractivity contribution in [3.63, 3.8) is 0 Å². The first-order valence-electron chi connectivity index (χ1n) is 6.74. The number of aryl methyl sites for hydroxylation is 2. The summed E-state index contributed by atoms with van der Waals surface area (Å²) < 4.78 is 0.402. The van der Waals surface area contributed by atoms with Gasteiger partial charge in [0.15, 0.2) is 0 Å². The van der Waals surface area contributed by atoms with Gasteiger partial charge in [0, 0.05) is 11.3 Å². The Balaban J connectivity index is 1.98. The Morgan fingerprint density at radius 2 is 1.94 bits per heavy atom. The number of nitrogens with one attached hydrogen (secondary N) is 1. The van der Waals surface area contributed by atoms with Crippen molar-refractivity contribution in [3.05, 3.63) is 17.6 Å². The Morgan fingerprint density at radius 1 is 1.22 bits per heavy atom. The topological polar surface area (TPSA) is 37.8 Å². The van der Waals surface area contributed by atoms with E-state index in [0.29, 0.717) is 4.75 Å². The Morgan fingerprint density at radius 3 is 2.56 bits per heavy atom. The third-order valence-electron chi connectivity index (χ3n) is 3.98. The van der Waals surface area contributed by atoms with E-state index in [1.165, 1.54) is 32.1 Å². The molecule has 1 aliphatic carbocycles. The number of hydrogen-bond donors (Lipinski definition) is 1. The molecule has 0 saturated heterocycles. The quantitative estimate of drug-likeness (QED) is 0.903. The third-order valence-corrected chi connectivity index (χ3v) is 5.40. The minimum absolute atomic E-state index is 0.402. The van der Waals surface area contributed by atoms with Crippen molar-refractivity contribution in [2.45, 2.75) is 50.7 Å². The van der Waals surface area contributed by atoms with Gasteiger partial charge in [-0.15, -0.1) is 0 Å². The standard InChI is InChI=1S/C14H23N3S/c1-11-12(2)17-13(9-15-11)16-10-14(18-3)7-5-4-6-8-14/h9H,4-8,10H2,1-3H3,(H,16,17). The highest BCUT2D eigenvalue weighted by Crippen LogP contribution is 2.38. The zero-order valence-electron chi connectivity index (χ0n) is 11.6. The van der Waals surface area contributed by atoms with E-state index in [0.717, 1.165) is 23.8 Å². The van der Waals surface area contributed by atoms with Gasteiger partial charge in [0.05, 0.1) is 17.6 Å². The normalized spacial score (nSPS) is 18.6. The molecule has 0 aliphatic heterocycles. The van der Waals surface area contributed by atoms with Crippen LogP contribution in [-0.2, 0) is 0 Å². The predicted molar refractivity (Wildman–Crippen MR) is 79.3 cm³/mol. The van der Waals surface area contributed by atoms with Gasteiger partial charge in [-0.25, -0.2) is 4.98 Å². The summed E-state index contributed by atoms with van der Waals surface area (Å²) in [6.45, 7) is 5.01. The molecular weight excluding hydrogens is 242 g/mol. The largest absolute Gasteiger partial charge is 0.367 e. The highest BCUT2D eigenvalue weighted by atomic mass is 32.2. The molecule has 4 heteroatoms. The zero-order valence-corrected chi connectivity index (χ0v) is 12.4. The fourth-order valence-corrected chi connectivity index (χ4v) is 3.44. The van der Waals surface area contributed by atoms with Crippen LogP contribution in [0.4, 0.5) is 5.82 Å². The van der Waals surface area contributed by atoms with Gasteiger partial charge in [-0.2, -0.15) is 11.8 Å². The molecule has 18 heavy (non-hydrogen) atoms. The number of hydrogen-bond acceptors (Lipinski definition) is 4. The molecule has 0 unspecified atom stereocenters. The van der Waals surface area contributed by atoms with Crippen LogP contribution in [0.25, 0.3) is 0 Å². The summed E-state index contributed by atoms with van der Waals surface area (Å²) in [6, 6.07) is 0. The van der Waals surface area contributed by atoms with Gasteiger partial charge < -0.3 is 5.32 Å². The van der Waals surface area contributed by atoms with Crippen LogP contribution in [0.5, 0.6) is 0 Å². The minimum Gasteiger partial charge on any atom is -0.367 e. The van der Waals surface area contributed by atoms with Crippen LogP contribution in [0.15, 0.2) is 6.20 Å². The number of nitrogens with zero attached hydrogens (tertiary/aromatic N) is 2. The molecular formula is C14H23N3S. The van der Waals surface area contributed by atoms with Crippen LogP contribution >= 0.6 is 11.8 Å². The molecule has 0 radical (unpaired) electrons. The van der Waals surface area contributed by atoms with Gasteiger partial charge in [0.25, 0.3) is 0 Å². The van der Waals surface area contributed by atoms with Crippen molar-refractivity contribution in [3.8, 4) is 0 Å². The maximum absolute atomic E-state index is 4.54. The summed E-state index contributed by atoms with van der Waals surface area (Å²) in [6.07, 6.45) is 10.8. The third kappa shape index (κ3) is 3.16. The van der Waals surface area contributed by atoms with Crippen molar-refractivity contribution >= 4 is 17.6 Å². The summed E-state index contributed by atoms with van der Waals surface area (Å²) in [7, 11) is 0. The first-order chi connectivity index (χ1) is 8.65. The lowest BCUT2D eigenvalue weighted by Gasteiger charge is -2.36. The summed E-state index contributed by atoms with van der Waals surface area (Å²) in [5.74, 6) is 0.914. The summed E-state index contributed by atoms with van der Waals surface area (Å²) in [5.41, 5.74) is 2.03. The highest BCUT2D eigenvalue weighted by molar-refractivity contribution is 8.00. The van der Waals surface area contributed by atoms with E-state index in [4.69, 9.17) is 0 Å². The fraction of sp³-hybridized carbons (Fsp3) is 0.714. The Kier molecular flexibility index (Phi) is 4.49. The molecule has 0 bridgehead atoms. The van der Waals surface area contributed by atoms with Crippen LogP contribution < -0.4 is 5.32 Å². The second-order valence-electron chi connectivity index (χ2n) is 5.23. The first-order valence-corrected chi connectivity index (χ1v) is 7.97. The molecule has 0 aromatic carbocycles. The van der Waals surface area contributed by atoms with E-state index in [1.807, 2.05) is 31.8 Å². The number of anilines is 1. The molecule has 100 valence electrons. The maximum Gasteiger partial charge on any atom is 0.144 e.